The van der Waals surface area contributed by atoms with E-state index in [1.165, 1.54) is 12.8 Å². The van der Waals surface area contributed by atoms with Crippen LogP contribution in [0.2, 0.25) is 0 Å². The highest BCUT2D eigenvalue weighted by Gasteiger charge is 2.35. The maximum Gasteiger partial charge on any atom is 0.416 e. The number of benzene rings is 1. The van der Waals surface area contributed by atoms with Crippen molar-refractivity contribution in [2.75, 3.05) is 7.05 Å². The summed E-state index contributed by atoms with van der Waals surface area (Å²) < 4.78 is 39.7. The van der Waals surface area contributed by atoms with Gasteiger partial charge in [-0.3, -0.25) is 0 Å². The van der Waals surface area contributed by atoms with Crippen LogP contribution in [0.15, 0.2) is 22.7 Å². The number of rotatable bonds is 5. The Bertz CT molecular complexity index is 441. The van der Waals surface area contributed by atoms with Crippen LogP contribution in [0.5, 0.6) is 0 Å². The minimum atomic E-state index is -4.31. The van der Waals surface area contributed by atoms with Gasteiger partial charge in [0, 0.05) is 10.5 Å². The summed E-state index contributed by atoms with van der Waals surface area (Å²) in [7, 11) is 1.72. The summed E-state index contributed by atoms with van der Waals surface area (Å²) in [5, 5.41) is 3.02. The van der Waals surface area contributed by atoms with Crippen molar-refractivity contribution in [3.05, 3.63) is 33.8 Å². The van der Waals surface area contributed by atoms with Gasteiger partial charge in [0.2, 0.25) is 0 Å². The predicted molar refractivity (Wildman–Crippen MR) is 72.9 cm³/mol. The van der Waals surface area contributed by atoms with E-state index in [4.69, 9.17) is 0 Å². The van der Waals surface area contributed by atoms with E-state index < -0.39 is 11.7 Å². The monoisotopic (exact) mass is 335 g/mol. The third-order valence-corrected chi connectivity index (χ3v) is 4.10. The van der Waals surface area contributed by atoms with Crippen molar-refractivity contribution in [3.8, 4) is 0 Å². The minimum Gasteiger partial charge on any atom is -0.313 e. The van der Waals surface area contributed by atoms with Crippen molar-refractivity contribution in [3.63, 3.8) is 0 Å². The van der Waals surface area contributed by atoms with E-state index >= 15 is 0 Å². The van der Waals surface area contributed by atoms with Gasteiger partial charge in [-0.05, 0) is 43.5 Å². The Kier molecular flexibility index (Phi) is 4.56. The smallest absolute Gasteiger partial charge is 0.313 e. The number of hydrogen-bond acceptors (Lipinski definition) is 1. The summed E-state index contributed by atoms with van der Waals surface area (Å²) in [6, 6.07) is 4.18. The molecule has 1 saturated carbocycles. The average Bonchev–Trinajstić information content (AvgIpc) is 3.14. The second kappa shape index (κ2) is 5.83. The molecule has 1 unspecified atom stereocenters. The van der Waals surface area contributed by atoms with Gasteiger partial charge in [0.25, 0.3) is 0 Å². The molecule has 0 heterocycles. The van der Waals surface area contributed by atoms with Crippen LogP contribution in [-0.4, -0.2) is 7.05 Å². The van der Waals surface area contributed by atoms with Gasteiger partial charge < -0.3 is 5.32 Å². The van der Waals surface area contributed by atoms with Gasteiger partial charge in [-0.1, -0.05) is 34.8 Å². The van der Waals surface area contributed by atoms with Crippen LogP contribution < -0.4 is 5.32 Å². The molecular weight excluding hydrogens is 319 g/mol. The quantitative estimate of drug-likeness (QED) is 0.805. The first kappa shape index (κ1) is 14.9. The SMILES string of the molecule is CNC(CCC1CC1)c1ccc(Br)cc1C(F)(F)F. The Labute approximate surface area is 119 Å². The lowest BCUT2D eigenvalue weighted by molar-refractivity contribution is -0.138. The minimum absolute atomic E-state index is 0.231. The van der Waals surface area contributed by atoms with Gasteiger partial charge in [0.05, 0.1) is 5.56 Å². The van der Waals surface area contributed by atoms with E-state index in [2.05, 4.69) is 21.2 Å². The van der Waals surface area contributed by atoms with Crippen molar-refractivity contribution in [1.29, 1.82) is 0 Å². The van der Waals surface area contributed by atoms with E-state index in [0.29, 0.717) is 10.0 Å². The standard InChI is InChI=1S/C14H17BrF3N/c1-19-13(7-4-9-2-3-9)11-6-5-10(15)8-12(11)14(16,17)18/h5-6,8-9,13,19H,2-4,7H2,1H3. The molecule has 106 valence electrons. The molecule has 1 fully saturated rings. The van der Waals surface area contributed by atoms with Gasteiger partial charge in [-0.15, -0.1) is 0 Å². The normalized spacial score (nSPS) is 17.5. The zero-order chi connectivity index (χ0) is 14.0. The van der Waals surface area contributed by atoms with E-state index in [1.807, 2.05) is 0 Å². The highest BCUT2D eigenvalue weighted by Crippen LogP contribution is 2.40. The Morgan fingerprint density at radius 3 is 2.58 bits per heavy atom. The molecule has 1 aromatic rings. The van der Waals surface area contributed by atoms with Crippen LogP contribution in [0, 0.1) is 5.92 Å². The topological polar surface area (TPSA) is 12.0 Å². The largest absolute Gasteiger partial charge is 0.416 e. The molecule has 1 aromatic carbocycles. The summed E-state index contributed by atoms with van der Waals surface area (Å²) in [6.45, 7) is 0. The van der Waals surface area contributed by atoms with Gasteiger partial charge >= 0.3 is 6.18 Å². The lowest BCUT2D eigenvalue weighted by Crippen LogP contribution is -2.21. The molecule has 5 heteroatoms. The second-order valence-corrected chi connectivity index (χ2v) is 6.01. The predicted octanol–water partition coefficient (Wildman–Crippen LogP) is 4.92. The zero-order valence-electron chi connectivity index (χ0n) is 10.7. The molecular formula is C14H17BrF3N. The molecule has 0 bridgehead atoms. The Hall–Kier alpha value is -0.550. The van der Waals surface area contributed by atoms with Gasteiger partial charge in [-0.2, -0.15) is 13.2 Å². The summed E-state index contributed by atoms with van der Waals surface area (Å²) in [6.07, 6.45) is -0.107. The first-order valence-corrected chi connectivity index (χ1v) is 7.25. The number of alkyl halides is 3. The van der Waals surface area contributed by atoms with E-state index in [-0.39, 0.29) is 6.04 Å². The fraction of sp³-hybridized carbons (Fsp3) is 0.571. The van der Waals surface area contributed by atoms with Crippen LogP contribution in [-0.2, 0) is 6.18 Å². The molecule has 0 saturated heterocycles. The molecule has 1 atom stereocenters. The van der Waals surface area contributed by atoms with Gasteiger partial charge in [-0.25, -0.2) is 0 Å². The van der Waals surface area contributed by atoms with E-state index in [9.17, 15) is 13.2 Å². The van der Waals surface area contributed by atoms with Crippen molar-refractivity contribution >= 4 is 15.9 Å². The molecule has 0 aromatic heterocycles. The molecule has 0 amide bonds. The first-order valence-electron chi connectivity index (χ1n) is 6.45. The average molecular weight is 336 g/mol. The van der Waals surface area contributed by atoms with Crippen LogP contribution in [0.3, 0.4) is 0 Å². The molecule has 1 aliphatic carbocycles. The van der Waals surface area contributed by atoms with E-state index in [0.717, 1.165) is 24.8 Å². The van der Waals surface area contributed by atoms with Crippen molar-refractivity contribution in [2.24, 2.45) is 5.92 Å². The Morgan fingerprint density at radius 2 is 2.05 bits per heavy atom. The van der Waals surface area contributed by atoms with Crippen LogP contribution in [0.25, 0.3) is 0 Å². The molecule has 0 spiro atoms. The molecule has 19 heavy (non-hydrogen) atoms. The maximum atomic E-state index is 13.1. The summed E-state index contributed by atoms with van der Waals surface area (Å²) in [5.41, 5.74) is -0.198. The van der Waals surface area contributed by atoms with Crippen LogP contribution >= 0.6 is 15.9 Å². The molecule has 0 radical (unpaired) electrons. The molecule has 1 N–H and O–H groups in total. The van der Waals surface area contributed by atoms with Crippen molar-refractivity contribution < 1.29 is 13.2 Å². The molecule has 0 aliphatic heterocycles. The molecule has 1 nitrogen and oxygen atoms in total. The number of nitrogens with one attached hydrogen (secondary N) is 1. The zero-order valence-corrected chi connectivity index (χ0v) is 12.3. The Morgan fingerprint density at radius 1 is 1.37 bits per heavy atom. The molecule has 1 aliphatic rings. The highest BCUT2D eigenvalue weighted by molar-refractivity contribution is 9.10. The first-order chi connectivity index (χ1) is 8.91. The van der Waals surface area contributed by atoms with Crippen molar-refractivity contribution in [2.45, 2.75) is 37.9 Å². The fourth-order valence-electron chi connectivity index (χ4n) is 2.34. The lowest BCUT2D eigenvalue weighted by atomic mass is 9.95. The number of hydrogen-bond donors (Lipinski definition) is 1. The van der Waals surface area contributed by atoms with Crippen molar-refractivity contribution in [1.82, 2.24) is 5.32 Å². The Balaban J connectivity index is 2.24. The summed E-state index contributed by atoms with van der Waals surface area (Å²) in [5.74, 6) is 0.723. The molecule has 2 rings (SSSR count). The van der Waals surface area contributed by atoms with E-state index in [1.54, 1.807) is 19.2 Å². The van der Waals surface area contributed by atoms with Gasteiger partial charge in [0.1, 0.15) is 0 Å². The lowest BCUT2D eigenvalue weighted by Gasteiger charge is -2.21. The summed E-state index contributed by atoms with van der Waals surface area (Å²) >= 11 is 3.11. The third kappa shape index (κ3) is 3.96. The number of halogens is 4. The van der Waals surface area contributed by atoms with Gasteiger partial charge in [0.15, 0.2) is 0 Å². The van der Waals surface area contributed by atoms with Crippen LogP contribution in [0.4, 0.5) is 13.2 Å². The van der Waals surface area contributed by atoms with Crippen LogP contribution in [0.1, 0.15) is 42.9 Å². The third-order valence-electron chi connectivity index (χ3n) is 3.61. The second-order valence-electron chi connectivity index (χ2n) is 5.09. The highest BCUT2D eigenvalue weighted by atomic mass is 79.9. The maximum absolute atomic E-state index is 13.1. The fourth-order valence-corrected chi connectivity index (χ4v) is 2.70. The summed E-state index contributed by atoms with van der Waals surface area (Å²) in [4.78, 5) is 0.